The summed E-state index contributed by atoms with van der Waals surface area (Å²) in [5.74, 6) is 0. The Balaban J connectivity index is 1.32. The highest BCUT2D eigenvalue weighted by Crippen LogP contribution is 2.44. The van der Waals surface area contributed by atoms with E-state index in [-0.39, 0.29) is 22.7 Å². The number of rotatable bonds is 7. The molecule has 2 fully saturated rings. The molecule has 3 heterocycles. The molecule has 0 bridgehead atoms. The standard InChI is InChI=1S/C29H27N5O2S2/c35-34(36)22-12-16-24(17-13-22)38-23-14-10-21(11-15-23)33-28(26-9-5-19-32(26)20-6-1-2-7-20)27(31-29(33)37)25-8-3-4-18-30-25/h3-5,8-20,27-28H,1-2,6-7H2,(H,31,37)/t27-,28+/m0/s1. The molecule has 192 valence electrons. The van der Waals surface area contributed by atoms with Gasteiger partial charge >= 0.3 is 0 Å². The number of nitro benzene ring substituents is 1. The van der Waals surface area contributed by atoms with Crippen LogP contribution in [0, 0.1) is 10.1 Å². The predicted octanol–water partition coefficient (Wildman–Crippen LogP) is 7.23. The van der Waals surface area contributed by atoms with Gasteiger partial charge < -0.3 is 14.8 Å². The molecule has 1 N–H and O–H groups in total. The molecule has 9 heteroatoms. The number of nitrogens with zero attached hydrogens (tertiary/aromatic N) is 4. The molecule has 1 aliphatic heterocycles. The molecule has 2 aromatic carbocycles. The Morgan fingerprint density at radius 2 is 1.66 bits per heavy atom. The number of aromatic nitrogens is 2. The second-order valence-corrected chi connectivity index (χ2v) is 11.2. The smallest absolute Gasteiger partial charge is 0.269 e. The van der Waals surface area contributed by atoms with Gasteiger partial charge in [0.2, 0.25) is 0 Å². The third kappa shape index (κ3) is 4.79. The van der Waals surface area contributed by atoms with E-state index in [2.05, 4.69) is 68.4 Å². The van der Waals surface area contributed by atoms with Crippen molar-refractivity contribution in [1.82, 2.24) is 14.9 Å². The molecule has 0 unspecified atom stereocenters. The largest absolute Gasteiger partial charge is 0.351 e. The van der Waals surface area contributed by atoms with Gasteiger partial charge in [0.05, 0.1) is 16.7 Å². The van der Waals surface area contributed by atoms with Crippen molar-refractivity contribution in [3.05, 3.63) is 113 Å². The van der Waals surface area contributed by atoms with Gasteiger partial charge in [0.15, 0.2) is 5.11 Å². The fraction of sp³-hybridized carbons (Fsp3) is 0.241. The summed E-state index contributed by atoms with van der Waals surface area (Å²) >= 11 is 7.49. The van der Waals surface area contributed by atoms with Crippen LogP contribution in [0.3, 0.4) is 0 Å². The summed E-state index contributed by atoms with van der Waals surface area (Å²) in [7, 11) is 0. The van der Waals surface area contributed by atoms with E-state index in [0.29, 0.717) is 11.2 Å². The number of non-ortho nitro benzene ring substituents is 1. The zero-order valence-electron chi connectivity index (χ0n) is 20.6. The van der Waals surface area contributed by atoms with Gasteiger partial charge in [-0.15, -0.1) is 0 Å². The molecule has 0 amide bonds. The van der Waals surface area contributed by atoms with E-state index >= 15 is 0 Å². The Hall–Kier alpha value is -3.69. The van der Waals surface area contributed by atoms with Crippen molar-refractivity contribution in [3.8, 4) is 0 Å². The lowest BCUT2D eigenvalue weighted by Crippen LogP contribution is -2.30. The van der Waals surface area contributed by atoms with Crippen LogP contribution in [0.15, 0.2) is 101 Å². The second kappa shape index (κ2) is 10.6. The average molecular weight is 542 g/mol. The molecule has 7 nitrogen and oxygen atoms in total. The number of pyridine rings is 1. The monoisotopic (exact) mass is 541 g/mol. The molecule has 2 aromatic heterocycles. The van der Waals surface area contributed by atoms with Crippen LogP contribution in [0.5, 0.6) is 0 Å². The zero-order chi connectivity index (χ0) is 26.1. The second-order valence-electron chi connectivity index (χ2n) is 9.62. The first-order valence-electron chi connectivity index (χ1n) is 12.8. The summed E-state index contributed by atoms with van der Waals surface area (Å²) in [5.41, 5.74) is 3.31. The summed E-state index contributed by atoms with van der Waals surface area (Å²) in [6.07, 6.45) is 8.99. The third-order valence-electron chi connectivity index (χ3n) is 7.33. The Bertz CT molecular complexity index is 1430. The minimum absolute atomic E-state index is 0.0406. The summed E-state index contributed by atoms with van der Waals surface area (Å²) in [6.45, 7) is 0. The van der Waals surface area contributed by atoms with Gasteiger partial charge in [0.25, 0.3) is 5.69 Å². The maximum atomic E-state index is 11.0. The molecule has 2 atom stereocenters. The molecular weight excluding hydrogens is 514 g/mol. The minimum Gasteiger partial charge on any atom is -0.351 e. The molecule has 1 saturated carbocycles. The topological polar surface area (TPSA) is 76.2 Å². The lowest BCUT2D eigenvalue weighted by Gasteiger charge is -2.30. The van der Waals surface area contributed by atoms with Crippen molar-refractivity contribution >= 4 is 40.5 Å². The van der Waals surface area contributed by atoms with Gasteiger partial charge in [-0.05, 0) is 85.7 Å². The van der Waals surface area contributed by atoms with Crippen LogP contribution in [0.1, 0.15) is 55.2 Å². The highest BCUT2D eigenvalue weighted by molar-refractivity contribution is 7.99. The Morgan fingerprint density at radius 3 is 2.32 bits per heavy atom. The van der Waals surface area contributed by atoms with Crippen LogP contribution in [-0.2, 0) is 0 Å². The summed E-state index contributed by atoms with van der Waals surface area (Å²) < 4.78 is 2.45. The van der Waals surface area contributed by atoms with Crippen LogP contribution in [0.25, 0.3) is 0 Å². The predicted molar refractivity (Wildman–Crippen MR) is 154 cm³/mol. The van der Waals surface area contributed by atoms with E-state index in [0.717, 1.165) is 21.2 Å². The van der Waals surface area contributed by atoms with Gasteiger partial charge in [-0.25, -0.2) is 0 Å². The summed E-state index contributed by atoms with van der Waals surface area (Å²) in [6, 6.07) is 25.7. The summed E-state index contributed by atoms with van der Waals surface area (Å²) in [5, 5.41) is 15.2. The number of hydrogen-bond donors (Lipinski definition) is 1. The van der Waals surface area contributed by atoms with Crippen molar-refractivity contribution in [1.29, 1.82) is 0 Å². The third-order valence-corrected chi connectivity index (χ3v) is 8.66. The van der Waals surface area contributed by atoms with Gasteiger partial charge in [0.1, 0.15) is 6.04 Å². The maximum Gasteiger partial charge on any atom is 0.269 e. The highest BCUT2D eigenvalue weighted by Gasteiger charge is 2.42. The number of nitro groups is 1. The quantitative estimate of drug-likeness (QED) is 0.150. The number of anilines is 1. The Kier molecular flexibility index (Phi) is 6.86. The molecule has 0 radical (unpaired) electrons. The fourth-order valence-electron chi connectivity index (χ4n) is 5.55. The first-order valence-corrected chi connectivity index (χ1v) is 14.0. The number of thiocarbonyl (C=S) groups is 1. The molecule has 1 saturated heterocycles. The van der Waals surface area contributed by atoms with Crippen LogP contribution in [-0.4, -0.2) is 19.6 Å². The van der Waals surface area contributed by atoms with Crippen LogP contribution in [0.4, 0.5) is 11.4 Å². The maximum absolute atomic E-state index is 11.0. The van der Waals surface area contributed by atoms with E-state index in [9.17, 15) is 10.1 Å². The van der Waals surface area contributed by atoms with Gasteiger partial charge in [0, 0.05) is 51.7 Å². The number of benzene rings is 2. The Labute approximate surface area is 231 Å². The van der Waals surface area contributed by atoms with Crippen LogP contribution in [0.2, 0.25) is 0 Å². The van der Waals surface area contributed by atoms with E-state index in [4.69, 9.17) is 12.2 Å². The van der Waals surface area contributed by atoms with Crippen molar-refractivity contribution in [2.75, 3.05) is 4.90 Å². The van der Waals surface area contributed by atoms with Gasteiger partial charge in [-0.1, -0.05) is 30.7 Å². The van der Waals surface area contributed by atoms with E-state index in [1.54, 1.807) is 23.9 Å². The van der Waals surface area contributed by atoms with Crippen molar-refractivity contribution in [3.63, 3.8) is 0 Å². The normalized spacial score (nSPS) is 19.6. The average Bonchev–Trinajstić information content (AvgIpc) is 3.70. The van der Waals surface area contributed by atoms with Crippen molar-refractivity contribution < 1.29 is 4.92 Å². The number of nitrogens with one attached hydrogen (secondary N) is 1. The molecule has 38 heavy (non-hydrogen) atoms. The first kappa shape index (κ1) is 24.6. The minimum atomic E-state index is -0.381. The lowest BCUT2D eigenvalue weighted by molar-refractivity contribution is -0.384. The van der Waals surface area contributed by atoms with Crippen molar-refractivity contribution in [2.24, 2.45) is 0 Å². The lowest BCUT2D eigenvalue weighted by atomic mass is 10.0. The van der Waals surface area contributed by atoms with E-state index in [1.165, 1.54) is 43.5 Å². The fourth-order valence-corrected chi connectivity index (χ4v) is 6.72. The van der Waals surface area contributed by atoms with Crippen LogP contribution < -0.4 is 10.2 Å². The van der Waals surface area contributed by atoms with E-state index in [1.807, 2.05) is 18.3 Å². The Morgan fingerprint density at radius 1 is 0.947 bits per heavy atom. The molecule has 6 rings (SSSR count). The van der Waals surface area contributed by atoms with Gasteiger partial charge in [-0.3, -0.25) is 15.1 Å². The number of hydrogen-bond acceptors (Lipinski definition) is 5. The SMILES string of the molecule is O=[N+]([O-])c1ccc(Sc2ccc(N3C(=S)N[C@@H](c4ccccn4)[C@H]3c3cccn3C3CCCC3)cc2)cc1. The molecule has 1 aliphatic carbocycles. The van der Waals surface area contributed by atoms with Crippen molar-refractivity contribution in [2.45, 2.75) is 53.6 Å². The van der Waals surface area contributed by atoms with Gasteiger partial charge in [-0.2, -0.15) is 0 Å². The summed E-state index contributed by atoms with van der Waals surface area (Å²) in [4.78, 5) is 19.5. The molecule has 0 spiro atoms. The molecule has 2 aliphatic rings. The molecular formula is C29H27N5O2S2. The van der Waals surface area contributed by atoms with E-state index < -0.39 is 0 Å². The highest BCUT2D eigenvalue weighted by atomic mass is 32.2. The van der Waals surface area contributed by atoms with Crippen LogP contribution >= 0.6 is 24.0 Å². The zero-order valence-corrected chi connectivity index (χ0v) is 22.3. The first-order chi connectivity index (χ1) is 18.6. The molecule has 4 aromatic rings.